The molecule has 0 saturated heterocycles. The van der Waals surface area contributed by atoms with E-state index in [0.29, 0.717) is 18.3 Å². The molecule has 2 aromatic heterocycles. The highest BCUT2D eigenvalue weighted by molar-refractivity contribution is 5.75. The first kappa shape index (κ1) is 15.3. The van der Waals surface area contributed by atoms with E-state index in [1.54, 1.807) is 7.11 Å². The van der Waals surface area contributed by atoms with E-state index in [0.717, 1.165) is 33.7 Å². The average Bonchev–Trinajstić information content (AvgIpc) is 3.26. The molecular formula is C19H17N3O3. The van der Waals surface area contributed by atoms with Gasteiger partial charge in [0.15, 0.2) is 11.3 Å². The number of oxazole rings is 1. The Hall–Kier alpha value is -3.28. The molecule has 0 fully saturated rings. The van der Waals surface area contributed by atoms with Crippen molar-refractivity contribution in [1.82, 2.24) is 10.1 Å². The predicted molar refractivity (Wildman–Crippen MR) is 94.6 cm³/mol. The first-order chi connectivity index (χ1) is 12.2. The summed E-state index contributed by atoms with van der Waals surface area (Å²) in [5, 5.41) is 7.24. The zero-order valence-electron chi connectivity index (χ0n) is 13.9. The average molecular weight is 335 g/mol. The maximum atomic E-state index is 5.67. The second-order valence-electron chi connectivity index (χ2n) is 5.72. The van der Waals surface area contributed by atoms with Crippen LogP contribution in [0.25, 0.3) is 22.4 Å². The Balaban J connectivity index is 1.51. The largest absolute Gasteiger partial charge is 0.496 e. The number of hydrogen-bond donors (Lipinski definition) is 1. The molecule has 0 amide bonds. The van der Waals surface area contributed by atoms with Crippen LogP contribution in [0.15, 0.2) is 57.5 Å². The molecule has 25 heavy (non-hydrogen) atoms. The van der Waals surface area contributed by atoms with E-state index >= 15 is 0 Å². The predicted octanol–water partition coefficient (Wildman–Crippen LogP) is 4.41. The Labute approximate surface area is 144 Å². The van der Waals surface area contributed by atoms with Gasteiger partial charge in [0.25, 0.3) is 6.01 Å². The van der Waals surface area contributed by atoms with Crippen LogP contribution in [0, 0.1) is 6.92 Å². The van der Waals surface area contributed by atoms with Crippen LogP contribution in [-0.2, 0) is 6.54 Å². The van der Waals surface area contributed by atoms with Crippen molar-refractivity contribution in [2.24, 2.45) is 0 Å². The van der Waals surface area contributed by atoms with Crippen molar-refractivity contribution in [2.45, 2.75) is 13.5 Å². The SMILES string of the molecule is COc1ccccc1-c1cc(CNc2nc3cc(C)ccc3o2)on1. The van der Waals surface area contributed by atoms with Gasteiger partial charge in [-0.2, -0.15) is 4.98 Å². The lowest BCUT2D eigenvalue weighted by Crippen LogP contribution is -1.97. The monoisotopic (exact) mass is 335 g/mol. The van der Waals surface area contributed by atoms with Crippen molar-refractivity contribution in [2.75, 3.05) is 12.4 Å². The second-order valence-corrected chi connectivity index (χ2v) is 5.72. The lowest BCUT2D eigenvalue weighted by atomic mass is 10.1. The fourth-order valence-electron chi connectivity index (χ4n) is 2.66. The Morgan fingerprint density at radius 2 is 2.00 bits per heavy atom. The number of nitrogens with one attached hydrogen (secondary N) is 1. The van der Waals surface area contributed by atoms with Crippen molar-refractivity contribution in [3.05, 3.63) is 59.9 Å². The van der Waals surface area contributed by atoms with Gasteiger partial charge in [0.05, 0.1) is 13.7 Å². The molecule has 6 nitrogen and oxygen atoms in total. The number of aryl methyl sites for hydroxylation is 1. The molecule has 0 bridgehead atoms. The summed E-state index contributed by atoms with van der Waals surface area (Å²) in [6, 6.07) is 15.9. The second kappa shape index (κ2) is 6.32. The third-order valence-corrected chi connectivity index (χ3v) is 3.90. The molecule has 126 valence electrons. The van der Waals surface area contributed by atoms with Crippen LogP contribution in [0.2, 0.25) is 0 Å². The summed E-state index contributed by atoms with van der Waals surface area (Å²) < 4.78 is 16.4. The van der Waals surface area contributed by atoms with Crippen LogP contribution in [0.4, 0.5) is 6.01 Å². The van der Waals surface area contributed by atoms with Gasteiger partial charge in [0.1, 0.15) is 17.0 Å². The first-order valence-corrected chi connectivity index (χ1v) is 7.93. The molecule has 0 unspecified atom stereocenters. The number of anilines is 1. The fourth-order valence-corrected chi connectivity index (χ4v) is 2.66. The molecule has 0 saturated carbocycles. The lowest BCUT2D eigenvalue weighted by Gasteiger charge is -2.03. The van der Waals surface area contributed by atoms with Gasteiger partial charge in [0.2, 0.25) is 0 Å². The minimum absolute atomic E-state index is 0.425. The highest BCUT2D eigenvalue weighted by atomic mass is 16.5. The van der Waals surface area contributed by atoms with Gasteiger partial charge >= 0.3 is 0 Å². The number of ether oxygens (including phenoxy) is 1. The Bertz CT molecular complexity index is 1020. The van der Waals surface area contributed by atoms with Gasteiger partial charge in [-0.15, -0.1) is 0 Å². The van der Waals surface area contributed by atoms with Gasteiger partial charge < -0.3 is 19.0 Å². The van der Waals surface area contributed by atoms with E-state index in [-0.39, 0.29) is 0 Å². The quantitative estimate of drug-likeness (QED) is 0.582. The van der Waals surface area contributed by atoms with Gasteiger partial charge in [-0.1, -0.05) is 23.4 Å². The van der Waals surface area contributed by atoms with Crippen LogP contribution in [-0.4, -0.2) is 17.3 Å². The number of rotatable bonds is 5. The Morgan fingerprint density at radius 1 is 1.12 bits per heavy atom. The minimum atomic E-state index is 0.425. The fraction of sp³-hybridized carbons (Fsp3) is 0.158. The molecular weight excluding hydrogens is 318 g/mol. The smallest absolute Gasteiger partial charge is 0.296 e. The third-order valence-electron chi connectivity index (χ3n) is 3.90. The van der Waals surface area contributed by atoms with Crippen LogP contribution >= 0.6 is 0 Å². The molecule has 1 N–H and O–H groups in total. The number of fused-ring (bicyclic) bond motifs is 1. The molecule has 0 spiro atoms. The maximum absolute atomic E-state index is 5.67. The molecule has 0 atom stereocenters. The van der Waals surface area contributed by atoms with E-state index < -0.39 is 0 Å². The van der Waals surface area contributed by atoms with Crippen molar-refractivity contribution >= 4 is 17.1 Å². The Morgan fingerprint density at radius 3 is 2.88 bits per heavy atom. The first-order valence-electron chi connectivity index (χ1n) is 7.93. The number of para-hydroxylation sites is 1. The molecule has 0 aliphatic rings. The molecule has 2 heterocycles. The maximum Gasteiger partial charge on any atom is 0.296 e. The van der Waals surface area contributed by atoms with Crippen LogP contribution in [0.1, 0.15) is 11.3 Å². The van der Waals surface area contributed by atoms with Crippen LogP contribution < -0.4 is 10.1 Å². The van der Waals surface area contributed by atoms with E-state index in [2.05, 4.69) is 15.5 Å². The van der Waals surface area contributed by atoms with E-state index in [9.17, 15) is 0 Å². The molecule has 0 aliphatic heterocycles. The molecule has 4 aromatic rings. The van der Waals surface area contributed by atoms with Gasteiger partial charge in [-0.3, -0.25) is 0 Å². The standard InChI is InChI=1S/C19H17N3O3/c1-12-7-8-18-16(9-12)21-19(24-18)20-11-13-10-15(22-25-13)14-5-3-4-6-17(14)23-2/h3-10H,11H2,1-2H3,(H,20,21). The van der Waals surface area contributed by atoms with Crippen molar-refractivity contribution < 1.29 is 13.7 Å². The van der Waals surface area contributed by atoms with Crippen molar-refractivity contribution in [3.8, 4) is 17.0 Å². The molecule has 0 aliphatic carbocycles. The third kappa shape index (κ3) is 3.06. The highest BCUT2D eigenvalue weighted by Crippen LogP contribution is 2.29. The lowest BCUT2D eigenvalue weighted by molar-refractivity contribution is 0.387. The van der Waals surface area contributed by atoms with Gasteiger partial charge in [-0.25, -0.2) is 0 Å². The summed E-state index contributed by atoms with van der Waals surface area (Å²) in [5.41, 5.74) is 4.33. The van der Waals surface area contributed by atoms with Crippen molar-refractivity contribution in [3.63, 3.8) is 0 Å². The van der Waals surface area contributed by atoms with Crippen LogP contribution in [0.5, 0.6) is 5.75 Å². The summed E-state index contributed by atoms with van der Waals surface area (Å²) in [5.74, 6) is 1.43. The Kier molecular flexibility index (Phi) is 3.85. The molecule has 2 aromatic carbocycles. The zero-order chi connectivity index (χ0) is 17.2. The van der Waals surface area contributed by atoms with E-state index in [1.165, 1.54) is 0 Å². The summed E-state index contributed by atoms with van der Waals surface area (Å²) in [4.78, 5) is 4.42. The topological polar surface area (TPSA) is 73.3 Å². The van der Waals surface area contributed by atoms with Crippen molar-refractivity contribution in [1.29, 1.82) is 0 Å². The normalized spacial score (nSPS) is 11.0. The number of hydrogen-bond acceptors (Lipinski definition) is 6. The van der Waals surface area contributed by atoms with Crippen LogP contribution in [0.3, 0.4) is 0 Å². The molecule has 4 rings (SSSR count). The summed E-state index contributed by atoms with van der Waals surface area (Å²) in [6.07, 6.45) is 0. The number of benzene rings is 2. The van der Waals surface area contributed by atoms with E-state index in [1.807, 2.05) is 55.5 Å². The minimum Gasteiger partial charge on any atom is -0.496 e. The molecule has 6 heteroatoms. The molecule has 0 radical (unpaired) electrons. The summed E-state index contributed by atoms with van der Waals surface area (Å²) in [6.45, 7) is 2.45. The number of nitrogens with zero attached hydrogens (tertiary/aromatic N) is 2. The summed E-state index contributed by atoms with van der Waals surface area (Å²) in [7, 11) is 1.64. The summed E-state index contributed by atoms with van der Waals surface area (Å²) >= 11 is 0. The number of aromatic nitrogens is 2. The zero-order valence-corrected chi connectivity index (χ0v) is 13.9. The number of methoxy groups -OCH3 is 1. The van der Waals surface area contributed by atoms with Gasteiger partial charge in [-0.05, 0) is 36.8 Å². The van der Waals surface area contributed by atoms with Gasteiger partial charge in [0, 0.05) is 11.6 Å². The highest BCUT2D eigenvalue weighted by Gasteiger charge is 2.12. The van der Waals surface area contributed by atoms with E-state index in [4.69, 9.17) is 13.7 Å².